The van der Waals surface area contributed by atoms with Gasteiger partial charge in [0.2, 0.25) is 5.91 Å². The number of nitrogens with zero attached hydrogens (tertiary/aromatic N) is 3. The van der Waals surface area contributed by atoms with Crippen molar-refractivity contribution in [2.45, 2.75) is 38.0 Å². The zero-order valence-electron chi connectivity index (χ0n) is 22.8. The molecule has 230 valence electrons. The zero-order chi connectivity index (χ0) is 30.4. The van der Waals surface area contributed by atoms with Crippen LogP contribution in [-0.2, 0) is 11.3 Å². The van der Waals surface area contributed by atoms with Crippen LogP contribution in [-0.4, -0.2) is 91.4 Å². The van der Waals surface area contributed by atoms with Crippen molar-refractivity contribution in [2.24, 2.45) is 0 Å². The summed E-state index contributed by atoms with van der Waals surface area (Å²) in [5, 5.41) is 14.9. The van der Waals surface area contributed by atoms with Crippen molar-refractivity contribution in [3.05, 3.63) is 58.1 Å². The second-order valence-corrected chi connectivity index (χ2v) is 10.9. The molecule has 8 nitrogen and oxygen atoms in total. The number of anilines is 2. The first kappa shape index (κ1) is 31.9. The monoisotopic (exact) mass is 617 g/mol. The Balaban J connectivity index is 1.38. The maximum absolute atomic E-state index is 15.0. The summed E-state index contributed by atoms with van der Waals surface area (Å²) in [7, 11) is 0. The lowest BCUT2D eigenvalue weighted by Crippen LogP contribution is -2.47. The summed E-state index contributed by atoms with van der Waals surface area (Å²) in [6, 6.07) is 6.89. The minimum absolute atomic E-state index is 0.0296. The maximum Gasteiger partial charge on any atom is 0.390 e. The molecule has 0 spiro atoms. The van der Waals surface area contributed by atoms with Gasteiger partial charge in [-0.3, -0.25) is 19.4 Å². The Bertz CT molecular complexity index is 1270. The van der Waals surface area contributed by atoms with Crippen molar-refractivity contribution >= 4 is 34.8 Å². The average Bonchev–Trinajstić information content (AvgIpc) is 3.40. The number of amides is 2. The highest BCUT2D eigenvalue weighted by Gasteiger charge is 2.30. The van der Waals surface area contributed by atoms with E-state index in [-0.39, 0.29) is 43.5 Å². The summed E-state index contributed by atoms with van der Waals surface area (Å²) >= 11 is 6.17. The quantitative estimate of drug-likeness (QED) is 0.349. The number of benzene rings is 2. The van der Waals surface area contributed by atoms with Crippen LogP contribution in [0.15, 0.2) is 30.3 Å². The van der Waals surface area contributed by atoms with Crippen LogP contribution >= 0.6 is 11.6 Å². The molecule has 0 unspecified atom stereocenters. The van der Waals surface area contributed by atoms with Crippen molar-refractivity contribution in [1.82, 2.24) is 15.1 Å². The molecule has 0 saturated carbocycles. The average molecular weight is 618 g/mol. The molecule has 42 heavy (non-hydrogen) atoms. The fourth-order valence-electron chi connectivity index (χ4n) is 5.20. The van der Waals surface area contributed by atoms with E-state index >= 15 is 0 Å². The molecular formula is C28H33ClF5N5O3. The molecule has 2 heterocycles. The molecule has 2 aromatic carbocycles. The van der Waals surface area contributed by atoms with Crippen molar-refractivity contribution in [3.63, 3.8) is 0 Å². The first-order valence-corrected chi connectivity index (χ1v) is 14.1. The van der Waals surface area contributed by atoms with Gasteiger partial charge < -0.3 is 20.6 Å². The van der Waals surface area contributed by atoms with E-state index in [2.05, 4.69) is 10.6 Å². The number of likely N-dealkylation sites (tertiary alicyclic amines) is 1. The van der Waals surface area contributed by atoms with Crippen LogP contribution in [0.2, 0.25) is 5.02 Å². The van der Waals surface area contributed by atoms with Crippen LogP contribution in [0, 0.1) is 11.6 Å². The molecule has 14 heteroatoms. The summed E-state index contributed by atoms with van der Waals surface area (Å²) in [4.78, 5) is 30.7. The molecule has 2 saturated heterocycles. The first-order chi connectivity index (χ1) is 19.9. The number of halogens is 6. The third-order valence-corrected chi connectivity index (χ3v) is 7.81. The summed E-state index contributed by atoms with van der Waals surface area (Å²) < 4.78 is 67.6. The Morgan fingerprint density at radius 1 is 1.02 bits per heavy atom. The molecule has 0 radical (unpaired) electrons. The van der Waals surface area contributed by atoms with Gasteiger partial charge in [-0.15, -0.1) is 0 Å². The maximum atomic E-state index is 15.0. The number of carbonyl (C=O) groups is 2. The number of hydrogen-bond donors (Lipinski definition) is 3. The molecule has 0 aliphatic carbocycles. The number of aliphatic hydroxyl groups excluding tert-OH is 1. The highest BCUT2D eigenvalue weighted by molar-refractivity contribution is 6.31. The van der Waals surface area contributed by atoms with Crippen molar-refractivity contribution in [2.75, 3.05) is 62.6 Å². The fourth-order valence-corrected chi connectivity index (χ4v) is 5.37. The van der Waals surface area contributed by atoms with Crippen molar-refractivity contribution in [3.8, 4) is 0 Å². The highest BCUT2D eigenvalue weighted by atomic mass is 35.5. The molecule has 3 N–H and O–H groups in total. The lowest BCUT2D eigenvalue weighted by molar-refractivity contribution is -0.138. The topological polar surface area (TPSA) is 88.2 Å². The Morgan fingerprint density at radius 2 is 1.76 bits per heavy atom. The zero-order valence-corrected chi connectivity index (χ0v) is 23.6. The molecule has 2 aliphatic heterocycles. The molecule has 1 atom stereocenters. The summed E-state index contributed by atoms with van der Waals surface area (Å²) in [6.45, 7) is 1.74. The Morgan fingerprint density at radius 3 is 2.45 bits per heavy atom. The molecule has 2 fully saturated rings. The lowest BCUT2D eigenvalue weighted by Gasteiger charge is -2.37. The SMILES string of the molecule is O=C(CN1CCC[C@@H]1CO)NCc1ccc(C(=O)Nc2ccc(Cl)cc2N2CCN(CCC(F)(F)F)CC2)c(F)c1F. The fraction of sp³-hybridized carbons (Fsp3) is 0.500. The van der Waals surface area contributed by atoms with Crippen molar-refractivity contribution < 1.29 is 36.6 Å². The molecule has 2 amide bonds. The van der Waals surface area contributed by atoms with Gasteiger partial charge >= 0.3 is 6.18 Å². The van der Waals surface area contributed by atoms with E-state index in [1.807, 2.05) is 9.80 Å². The van der Waals surface area contributed by atoms with Crippen LogP contribution in [0.25, 0.3) is 0 Å². The first-order valence-electron chi connectivity index (χ1n) is 13.7. The van der Waals surface area contributed by atoms with Gasteiger partial charge in [-0.2, -0.15) is 13.2 Å². The van der Waals surface area contributed by atoms with E-state index in [0.717, 1.165) is 18.9 Å². The van der Waals surface area contributed by atoms with Gasteiger partial charge in [-0.1, -0.05) is 17.7 Å². The number of aliphatic hydroxyl groups is 1. The minimum atomic E-state index is -4.24. The van der Waals surface area contributed by atoms with E-state index in [4.69, 9.17) is 11.6 Å². The van der Waals surface area contributed by atoms with Gasteiger partial charge in [0.15, 0.2) is 11.6 Å². The van der Waals surface area contributed by atoms with E-state index in [1.54, 1.807) is 11.0 Å². The minimum Gasteiger partial charge on any atom is -0.395 e. The standard InChI is InChI=1S/C28H33ClF5N5O3/c29-19-4-6-22(23(14-19)38-12-10-37(11-13-38)9-7-28(32,33)34)36-27(42)21-5-3-18(25(30)26(21)31)15-35-24(41)16-39-8-1-2-20(39)17-40/h3-6,14,20,40H,1-2,7-13,15-17H2,(H,35,41)(H,36,42)/t20-/m1/s1. The van der Waals surface area contributed by atoms with E-state index < -0.39 is 41.6 Å². The van der Waals surface area contributed by atoms with Crippen LogP contribution < -0.4 is 15.5 Å². The largest absolute Gasteiger partial charge is 0.395 e. The van der Waals surface area contributed by atoms with Crippen LogP contribution in [0.1, 0.15) is 35.2 Å². The number of rotatable bonds is 10. The molecule has 0 aromatic heterocycles. The summed E-state index contributed by atoms with van der Waals surface area (Å²) in [6.07, 6.45) is -3.49. The van der Waals surface area contributed by atoms with E-state index in [9.17, 15) is 36.6 Å². The number of piperazine rings is 1. The molecule has 4 rings (SSSR count). The van der Waals surface area contributed by atoms with Crippen LogP contribution in [0.4, 0.5) is 33.3 Å². The van der Waals surface area contributed by atoms with Crippen LogP contribution in [0.5, 0.6) is 0 Å². The summed E-state index contributed by atoms with van der Waals surface area (Å²) in [5.41, 5.74) is 0.122. The third kappa shape index (κ3) is 8.30. The second kappa shape index (κ2) is 14.0. The number of nitrogens with one attached hydrogen (secondary N) is 2. The number of carbonyl (C=O) groups excluding carboxylic acids is 2. The van der Waals surface area contributed by atoms with Crippen LogP contribution in [0.3, 0.4) is 0 Å². The predicted molar refractivity (Wildman–Crippen MR) is 149 cm³/mol. The Kier molecular flexibility index (Phi) is 10.6. The molecular weight excluding hydrogens is 585 g/mol. The molecule has 2 aliphatic rings. The van der Waals surface area contributed by atoms with E-state index in [1.165, 1.54) is 18.2 Å². The van der Waals surface area contributed by atoms with Gasteiger partial charge in [0.05, 0.1) is 36.5 Å². The molecule has 0 bridgehead atoms. The van der Waals surface area contributed by atoms with Gasteiger partial charge in [-0.25, -0.2) is 8.78 Å². The van der Waals surface area contributed by atoms with Crippen molar-refractivity contribution in [1.29, 1.82) is 0 Å². The Hall–Kier alpha value is -3.00. The summed E-state index contributed by atoms with van der Waals surface area (Å²) in [5.74, 6) is -3.93. The van der Waals surface area contributed by atoms with Gasteiger partial charge in [0.25, 0.3) is 5.91 Å². The second-order valence-electron chi connectivity index (χ2n) is 10.4. The number of alkyl halides is 3. The normalized spacial score (nSPS) is 18.4. The van der Waals surface area contributed by atoms with Gasteiger partial charge in [-0.05, 0) is 43.7 Å². The van der Waals surface area contributed by atoms with Gasteiger partial charge in [0.1, 0.15) is 0 Å². The smallest absolute Gasteiger partial charge is 0.390 e. The molecule has 2 aromatic rings. The number of hydrogen-bond acceptors (Lipinski definition) is 6. The predicted octanol–water partition coefficient (Wildman–Crippen LogP) is 4.02. The lowest BCUT2D eigenvalue weighted by atomic mass is 10.1. The third-order valence-electron chi connectivity index (χ3n) is 7.57. The van der Waals surface area contributed by atoms with E-state index in [0.29, 0.717) is 43.4 Å². The highest BCUT2D eigenvalue weighted by Crippen LogP contribution is 2.31. The van der Waals surface area contributed by atoms with Gasteiger partial charge in [0, 0.05) is 55.9 Å². The Labute approximate surface area is 245 Å².